The first kappa shape index (κ1) is 14.8. The van der Waals surface area contributed by atoms with Crippen molar-refractivity contribution in [2.45, 2.75) is 26.4 Å². The number of aryl methyl sites for hydroxylation is 1. The third-order valence-corrected chi connectivity index (χ3v) is 3.50. The van der Waals surface area contributed by atoms with E-state index in [1.54, 1.807) is 7.11 Å². The molecule has 0 aliphatic rings. The zero-order valence-corrected chi connectivity index (χ0v) is 12.6. The summed E-state index contributed by atoms with van der Waals surface area (Å²) < 4.78 is 5.14. The molecule has 1 heterocycles. The number of halogens is 1. The van der Waals surface area contributed by atoms with E-state index in [9.17, 15) is 0 Å². The van der Waals surface area contributed by atoms with Crippen LogP contribution in [-0.4, -0.2) is 12.1 Å². The molecule has 1 aromatic carbocycles. The van der Waals surface area contributed by atoms with Crippen molar-refractivity contribution in [1.82, 2.24) is 10.3 Å². The van der Waals surface area contributed by atoms with E-state index >= 15 is 0 Å². The van der Waals surface area contributed by atoms with Crippen molar-refractivity contribution in [3.63, 3.8) is 0 Å². The minimum absolute atomic E-state index is 0.638. The normalized spacial score (nSPS) is 10.6. The van der Waals surface area contributed by atoms with Gasteiger partial charge in [-0.25, -0.2) is 0 Å². The third-order valence-electron chi connectivity index (χ3n) is 3.20. The Morgan fingerprint density at radius 3 is 2.80 bits per heavy atom. The quantitative estimate of drug-likeness (QED) is 0.883. The van der Waals surface area contributed by atoms with Gasteiger partial charge in [-0.1, -0.05) is 30.7 Å². The zero-order chi connectivity index (χ0) is 14.4. The van der Waals surface area contributed by atoms with Gasteiger partial charge in [-0.15, -0.1) is 0 Å². The van der Waals surface area contributed by atoms with E-state index in [1.807, 2.05) is 30.5 Å². The first-order chi connectivity index (χ1) is 9.74. The van der Waals surface area contributed by atoms with Crippen LogP contribution >= 0.6 is 11.6 Å². The second-order valence-electron chi connectivity index (χ2n) is 4.54. The number of methoxy groups -OCH3 is 1. The number of pyridine rings is 1. The fraction of sp³-hybridized carbons (Fsp3) is 0.312. The first-order valence-electron chi connectivity index (χ1n) is 6.70. The molecule has 0 fully saturated rings. The van der Waals surface area contributed by atoms with E-state index in [0.717, 1.165) is 30.8 Å². The van der Waals surface area contributed by atoms with Crippen LogP contribution < -0.4 is 10.1 Å². The van der Waals surface area contributed by atoms with Gasteiger partial charge in [0.25, 0.3) is 0 Å². The SMILES string of the molecule is CCc1cccnc1CNCc1ccc(OC)c(Cl)c1. The molecule has 106 valence electrons. The Kier molecular flexibility index (Phi) is 5.39. The molecule has 2 rings (SSSR count). The standard InChI is InChI=1S/C16H19ClN2O/c1-3-13-5-4-8-19-15(13)11-18-10-12-6-7-16(20-2)14(17)9-12/h4-9,18H,3,10-11H2,1-2H3. The van der Waals surface area contributed by atoms with Gasteiger partial charge in [0.2, 0.25) is 0 Å². The highest BCUT2D eigenvalue weighted by molar-refractivity contribution is 6.32. The highest BCUT2D eigenvalue weighted by Crippen LogP contribution is 2.24. The second kappa shape index (κ2) is 7.27. The average Bonchev–Trinajstić information content (AvgIpc) is 2.48. The molecular weight excluding hydrogens is 272 g/mol. The maximum Gasteiger partial charge on any atom is 0.137 e. The summed E-state index contributed by atoms with van der Waals surface area (Å²) in [7, 11) is 1.62. The highest BCUT2D eigenvalue weighted by Gasteiger charge is 2.03. The van der Waals surface area contributed by atoms with Gasteiger partial charge in [0, 0.05) is 19.3 Å². The van der Waals surface area contributed by atoms with Crippen molar-refractivity contribution in [3.05, 3.63) is 58.4 Å². The predicted molar refractivity (Wildman–Crippen MR) is 82.2 cm³/mol. The first-order valence-corrected chi connectivity index (χ1v) is 7.08. The van der Waals surface area contributed by atoms with E-state index in [2.05, 4.69) is 23.3 Å². The smallest absolute Gasteiger partial charge is 0.137 e. The number of ether oxygens (including phenoxy) is 1. The number of rotatable bonds is 6. The summed E-state index contributed by atoms with van der Waals surface area (Å²) in [6, 6.07) is 9.92. The maximum atomic E-state index is 6.11. The van der Waals surface area contributed by atoms with Crippen LogP contribution in [0.4, 0.5) is 0 Å². The topological polar surface area (TPSA) is 34.2 Å². The van der Waals surface area contributed by atoms with Crippen molar-refractivity contribution in [2.24, 2.45) is 0 Å². The van der Waals surface area contributed by atoms with Crippen molar-refractivity contribution < 1.29 is 4.74 Å². The van der Waals surface area contributed by atoms with E-state index < -0.39 is 0 Å². The summed E-state index contributed by atoms with van der Waals surface area (Å²) >= 11 is 6.11. The summed E-state index contributed by atoms with van der Waals surface area (Å²) in [4.78, 5) is 4.42. The summed E-state index contributed by atoms with van der Waals surface area (Å²) in [6.07, 6.45) is 2.83. The highest BCUT2D eigenvalue weighted by atomic mass is 35.5. The lowest BCUT2D eigenvalue weighted by molar-refractivity contribution is 0.415. The molecule has 0 atom stereocenters. The third kappa shape index (κ3) is 3.71. The number of nitrogens with zero attached hydrogens (tertiary/aromatic N) is 1. The Morgan fingerprint density at radius 2 is 2.10 bits per heavy atom. The Balaban J connectivity index is 1.94. The summed E-state index contributed by atoms with van der Waals surface area (Å²) in [5.74, 6) is 0.702. The van der Waals surface area contributed by atoms with Crippen LogP contribution in [0.25, 0.3) is 0 Å². The van der Waals surface area contributed by atoms with Crippen LogP contribution in [0.1, 0.15) is 23.7 Å². The molecule has 1 aromatic heterocycles. The van der Waals surface area contributed by atoms with Crippen LogP contribution in [0, 0.1) is 0 Å². The second-order valence-corrected chi connectivity index (χ2v) is 4.94. The van der Waals surface area contributed by atoms with Crippen LogP contribution in [0.3, 0.4) is 0 Å². The van der Waals surface area contributed by atoms with Gasteiger partial charge >= 0.3 is 0 Å². The molecule has 0 amide bonds. The molecule has 0 bridgehead atoms. The van der Waals surface area contributed by atoms with Gasteiger partial charge in [-0.05, 0) is 35.7 Å². The molecule has 0 spiro atoms. The Bertz CT molecular complexity index is 572. The van der Waals surface area contributed by atoms with Gasteiger partial charge in [-0.2, -0.15) is 0 Å². The minimum Gasteiger partial charge on any atom is -0.495 e. The lowest BCUT2D eigenvalue weighted by Gasteiger charge is -2.09. The fourth-order valence-corrected chi connectivity index (χ4v) is 2.38. The van der Waals surface area contributed by atoms with E-state index in [0.29, 0.717) is 10.8 Å². The number of hydrogen-bond acceptors (Lipinski definition) is 3. The van der Waals surface area contributed by atoms with E-state index in [1.165, 1.54) is 5.56 Å². The maximum absolute atomic E-state index is 6.11. The molecule has 0 aliphatic heterocycles. The van der Waals surface area contributed by atoms with Gasteiger partial charge in [0.05, 0.1) is 17.8 Å². The van der Waals surface area contributed by atoms with E-state index in [4.69, 9.17) is 16.3 Å². The Morgan fingerprint density at radius 1 is 1.25 bits per heavy atom. The molecule has 0 saturated carbocycles. The molecule has 3 nitrogen and oxygen atoms in total. The van der Waals surface area contributed by atoms with Crippen molar-refractivity contribution >= 4 is 11.6 Å². The number of hydrogen-bond donors (Lipinski definition) is 1. The molecule has 1 N–H and O–H groups in total. The lowest BCUT2D eigenvalue weighted by atomic mass is 10.1. The number of benzene rings is 1. The largest absolute Gasteiger partial charge is 0.495 e. The van der Waals surface area contributed by atoms with Crippen LogP contribution in [0.15, 0.2) is 36.5 Å². The van der Waals surface area contributed by atoms with Crippen molar-refractivity contribution in [2.75, 3.05) is 7.11 Å². The average molecular weight is 291 g/mol. The van der Waals surface area contributed by atoms with Gasteiger partial charge in [0.1, 0.15) is 5.75 Å². The van der Waals surface area contributed by atoms with Crippen LogP contribution in [0.5, 0.6) is 5.75 Å². The lowest BCUT2D eigenvalue weighted by Crippen LogP contribution is -2.15. The Hall–Kier alpha value is -1.58. The van der Waals surface area contributed by atoms with E-state index in [-0.39, 0.29) is 0 Å². The van der Waals surface area contributed by atoms with Crippen molar-refractivity contribution in [3.8, 4) is 5.75 Å². The summed E-state index contributed by atoms with van der Waals surface area (Å²) in [5.41, 5.74) is 3.52. The van der Waals surface area contributed by atoms with Crippen LogP contribution in [0.2, 0.25) is 5.02 Å². The number of aromatic nitrogens is 1. The van der Waals surface area contributed by atoms with Crippen molar-refractivity contribution in [1.29, 1.82) is 0 Å². The molecular formula is C16H19ClN2O. The van der Waals surface area contributed by atoms with Gasteiger partial charge in [0.15, 0.2) is 0 Å². The minimum atomic E-state index is 0.638. The summed E-state index contributed by atoms with van der Waals surface area (Å²) in [6.45, 7) is 3.65. The molecule has 0 radical (unpaired) electrons. The molecule has 2 aromatic rings. The molecule has 0 unspecified atom stereocenters. The fourth-order valence-electron chi connectivity index (χ4n) is 2.10. The molecule has 0 saturated heterocycles. The zero-order valence-electron chi connectivity index (χ0n) is 11.8. The van der Waals surface area contributed by atoms with Gasteiger partial charge in [-0.3, -0.25) is 4.98 Å². The molecule has 4 heteroatoms. The molecule has 20 heavy (non-hydrogen) atoms. The summed E-state index contributed by atoms with van der Waals surface area (Å²) in [5, 5.41) is 4.03. The monoisotopic (exact) mass is 290 g/mol. The van der Waals surface area contributed by atoms with Gasteiger partial charge < -0.3 is 10.1 Å². The number of nitrogens with one attached hydrogen (secondary N) is 1. The Labute approximate surface area is 124 Å². The molecule has 0 aliphatic carbocycles. The predicted octanol–water partition coefficient (Wildman–Crippen LogP) is 3.60. The van der Waals surface area contributed by atoms with Crippen LogP contribution in [-0.2, 0) is 19.5 Å².